The summed E-state index contributed by atoms with van der Waals surface area (Å²) in [6, 6.07) is 10.9. The molecule has 0 atom stereocenters. The number of halogens is 4. The van der Waals surface area contributed by atoms with Crippen LogP contribution < -0.4 is 10.3 Å². The van der Waals surface area contributed by atoms with E-state index >= 15 is 0 Å². The zero-order valence-electron chi connectivity index (χ0n) is 12.5. The summed E-state index contributed by atoms with van der Waals surface area (Å²) in [6.07, 6.45) is -3.23. The second-order valence-electron chi connectivity index (χ2n) is 5.04. The van der Waals surface area contributed by atoms with Gasteiger partial charge in [-0.05, 0) is 29.8 Å². The summed E-state index contributed by atoms with van der Waals surface area (Å²) in [6.45, 7) is 0. The number of benzene rings is 2. The van der Waals surface area contributed by atoms with Crippen molar-refractivity contribution in [1.29, 1.82) is 0 Å². The van der Waals surface area contributed by atoms with Crippen LogP contribution >= 0.6 is 11.6 Å². The van der Waals surface area contributed by atoms with Gasteiger partial charge in [0.15, 0.2) is 0 Å². The first kappa shape index (κ1) is 17.0. The maximum absolute atomic E-state index is 13.0. The molecule has 0 saturated carbocycles. The fourth-order valence-electron chi connectivity index (χ4n) is 2.25. The topological polar surface area (TPSA) is 55.0 Å². The molecule has 2 aromatic carbocycles. The van der Waals surface area contributed by atoms with E-state index in [-0.39, 0.29) is 22.1 Å². The first-order valence-corrected chi connectivity index (χ1v) is 7.42. The third kappa shape index (κ3) is 3.66. The van der Waals surface area contributed by atoms with Gasteiger partial charge in [0.05, 0.1) is 22.3 Å². The lowest BCUT2D eigenvalue weighted by atomic mass is 10.1. The van der Waals surface area contributed by atoms with Crippen molar-refractivity contribution >= 4 is 11.6 Å². The molecule has 0 aliphatic heterocycles. The van der Waals surface area contributed by atoms with E-state index in [1.807, 2.05) is 0 Å². The Morgan fingerprint density at radius 3 is 2.36 bits per heavy atom. The number of nitrogens with zero attached hydrogens (tertiary/aromatic N) is 1. The van der Waals surface area contributed by atoms with Crippen LogP contribution in [0.1, 0.15) is 5.56 Å². The fourth-order valence-corrected chi connectivity index (χ4v) is 2.50. The Morgan fingerprint density at radius 2 is 1.72 bits per heavy atom. The van der Waals surface area contributed by atoms with Crippen molar-refractivity contribution in [3.63, 3.8) is 0 Å². The summed E-state index contributed by atoms with van der Waals surface area (Å²) < 4.78 is 44.3. The second kappa shape index (κ2) is 6.60. The van der Waals surface area contributed by atoms with Crippen LogP contribution in [-0.2, 0) is 6.18 Å². The summed E-state index contributed by atoms with van der Waals surface area (Å²) in [5, 5.41) is 6.01. The summed E-state index contributed by atoms with van der Waals surface area (Å²) in [7, 11) is 0. The molecule has 0 spiro atoms. The van der Waals surface area contributed by atoms with Crippen molar-refractivity contribution in [3.8, 4) is 22.6 Å². The number of H-pyrrole nitrogens is 1. The highest BCUT2D eigenvalue weighted by atomic mass is 35.5. The standard InChI is InChI=1S/C17H10ClF3N2O2/c18-13-9-22-23-16(24)15(13)10-5-7-11(8-6-10)25-14-4-2-1-3-12(14)17(19,20)21/h1-9H,(H,23,24). The van der Waals surface area contributed by atoms with E-state index in [2.05, 4.69) is 10.2 Å². The molecule has 0 amide bonds. The Hall–Kier alpha value is -2.80. The fraction of sp³-hybridized carbons (Fsp3) is 0.0588. The van der Waals surface area contributed by atoms with Gasteiger partial charge < -0.3 is 4.74 Å². The van der Waals surface area contributed by atoms with E-state index in [0.29, 0.717) is 5.56 Å². The normalized spacial score (nSPS) is 11.4. The Labute approximate surface area is 144 Å². The van der Waals surface area contributed by atoms with Crippen molar-refractivity contribution in [2.24, 2.45) is 0 Å². The highest BCUT2D eigenvalue weighted by Crippen LogP contribution is 2.38. The van der Waals surface area contributed by atoms with Crippen molar-refractivity contribution in [2.45, 2.75) is 6.18 Å². The number of aromatic amines is 1. The number of alkyl halides is 3. The van der Waals surface area contributed by atoms with Gasteiger partial charge in [0.25, 0.3) is 5.56 Å². The second-order valence-corrected chi connectivity index (χ2v) is 5.45. The molecule has 128 valence electrons. The Bertz CT molecular complexity index is 953. The number of hydrogen-bond acceptors (Lipinski definition) is 3. The Balaban J connectivity index is 1.92. The van der Waals surface area contributed by atoms with E-state index in [4.69, 9.17) is 16.3 Å². The zero-order chi connectivity index (χ0) is 18.0. The van der Waals surface area contributed by atoms with Crippen LogP contribution in [0.5, 0.6) is 11.5 Å². The molecule has 4 nitrogen and oxygen atoms in total. The third-order valence-corrected chi connectivity index (χ3v) is 3.66. The molecule has 0 aliphatic carbocycles. The molecule has 1 N–H and O–H groups in total. The molecular formula is C17H10ClF3N2O2. The number of para-hydroxylation sites is 1. The van der Waals surface area contributed by atoms with Gasteiger partial charge in [-0.3, -0.25) is 4.79 Å². The molecule has 0 bridgehead atoms. The first-order chi connectivity index (χ1) is 11.9. The molecule has 0 fully saturated rings. The number of hydrogen-bond donors (Lipinski definition) is 1. The lowest BCUT2D eigenvalue weighted by Gasteiger charge is -2.13. The van der Waals surface area contributed by atoms with Crippen LogP contribution in [0.3, 0.4) is 0 Å². The van der Waals surface area contributed by atoms with E-state index in [1.165, 1.54) is 48.7 Å². The summed E-state index contributed by atoms with van der Waals surface area (Å²) in [5.41, 5.74) is -0.625. The van der Waals surface area contributed by atoms with E-state index in [1.54, 1.807) is 0 Å². The third-order valence-electron chi connectivity index (χ3n) is 3.37. The predicted molar refractivity (Wildman–Crippen MR) is 86.8 cm³/mol. The van der Waals surface area contributed by atoms with Crippen LogP contribution in [0.2, 0.25) is 5.02 Å². The Kier molecular flexibility index (Phi) is 4.50. The van der Waals surface area contributed by atoms with E-state index < -0.39 is 17.3 Å². The van der Waals surface area contributed by atoms with Crippen LogP contribution in [0.4, 0.5) is 13.2 Å². The lowest BCUT2D eigenvalue weighted by molar-refractivity contribution is -0.138. The predicted octanol–water partition coefficient (Wildman–Crippen LogP) is 4.90. The van der Waals surface area contributed by atoms with Crippen molar-refractivity contribution in [1.82, 2.24) is 10.2 Å². The average molecular weight is 367 g/mol. The van der Waals surface area contributed by atoms with Crippen molar-refractivity contribution in [2.75, 3.05) is 0 Å². The molecule has 1 aromatic heterocycles. The van der Waals surface area contributed by atoms with Crippen molar-refractivity contribution in [3.05, 3.63) is 75.7 Å². The molecule has 0 saturated heterocycles. The van der Waals surface area contributed by atoms with Gasteiger partial charge in [-0.1, -0.05) is 35.9 Å². The smallest absolute Gasteiger partial charge is 0.419 e. The minimum absolute atomic E-state index is 0.167. The number of nitrogens with one attached hydrogen (secondary N) is 1. The minimum Gasteiger partial charge on any atom is -0.457 e. The molecule has 3 rings (SSSR count). The SMILES string of the molecule is O=c1[nH]ncc(Cl)c1-c1ccc(Oc2ccccc2C(F)(F)F)cc1. The van der Waals surface area contributed by atoms with Crippen LogP contribution in [0.15, 0.2) is 59.5 Å². The molecule has 8 heteroatoms. The summed E-state index contributed by atoms with van der Waals surface area (Å²) in [5.74, 6) is -0.107. The van der Waals surface area contributed by atoms with Gasteiger partial charge >= 0.3 is 6.18 Å². The Morgan fingerprint density at radius 1 is 1.04 bits per heavy atom. The average Bonchev–Trinajstić information content (AvgIpc) is 2.56. The van der Waals surface area contributed by atoms with Crippen molar-refractivity contribution < 1.29 is 17.9 Å². The highest BCUT2D eigenvalue weighted by molar-refractivity contribution is 6.33. The molecular weight excluding hydrogens is 357 g/mol. The lowest BCUT2D eigenvalue weighted by Crippen LogP contribution is -2.10. The van der Waals surface area contributed by atoms with Gasteiger partial charge in [-0.15, -0.1) is 0 Å². The molecule has 1 heterocycles. The largest absolute Gasteiger partial charge is 0.457 e. The molecule has 0 aliphatic rings. The maximum atomic E-state index is 13.0. The molecule has 3 aromatic rings. The number of ether oxygens (including phenoxy) is 1. The summed E-state index contributed by atoms with van der Waals surface area (Å²) >= 11 is 5.97. The van der Waals surface area contributed by atoms with Gasteiger partial charge in [0.1, 0.15) is 11.5 Å². The van der Waals surface area contributed by atoms with Crippen LogP contribution in [0, 0.1) is 0 Å². The maximum Gasteiger partial charge on any atom is 0.419 e. The van der Waals surface area contributed by atoms with Gasteiger partial charge in [0.2, 0.25) is 0 Å². The molecule has 25 heavy (non-hydrogen) atoms. The zero-order valence-corrected chi connectivity index (χ0v) is 13.2. The highest BCUT2D eigenvalue weighted by Gasteiger charge is 2.34. The van der Waals surface area contributed by atoms with Crippen LogP contribution in [-0.4, -0.2) is 10.2 Å². The first-order valence-electron chi connectivity index (χ1n) is 7.04. The minimum atomic E-state index is -4.52. The van der Waals surface area contributed by atoms with Gasteiger partial charge in [-0.2, -0.15) is 18.3 Å². The quantitative estimate of drug-likeness (QED) is 0.717. The number of aromatic nitrogens is 2. The van der Waals surface area contributed by atoms with E-state index in [0.717, 1.165) is 6.07 Å². The molecule has 0 radical (unpaired) electrons. The van der Waals surface area contributed by atoms with E-state index in [9.17, 15) is 18.0 Å². The summed E-state index contributed by atoms with van der Waals surface area (Å²) in [4.78, 5) is 11.8. The number of rotatable bonds is 3. The van der Waals surface area contributed by atoms with Gasteiger partial charge in [-0.25, -0.2) is 5.10 Å². The molecule has 0 unspecified atom stereocenters. The monoisotopic (exact) mass is 366 g/mol. The van der Waals surface area contributed by atoms with Crippen LogP contribution in [0.25, 0.3) is 11.1 Å². The van der Waals surface area contributed by atoms with Gasteiger partial charge in [0, 0.05) is 0 Å².